The molecule has 0 amide bonds. The fraction of sp³-hybridized carbons (Fsp3) is 0.562. The van der Waals surface area contributed by atoms with Crippen LogP contribution in [0.4, 0.5) is 0 Å². The summed E-state index contributed by atoms with van der Waals surface area (Å²) >= 11 is 6.26. The molecule has 1 aliphatic rings. The zero-order valence-corrected chi connectivity index (χ0v) is 12.6. The second-order valence-corrected chi connectivity index (χ2v) is 5.61. The van der Waals surface area contributed by atoms with Crippen LogP contribution in [0.3, 0.4) is 0 Å². The summed E-state index contributed by atoms with van der Waals surface area (Å²) in [6, 6.07) is 5.51. The van der Waals surface area contributed by atoms with Crippen LogP contribution in [0.15, 0.2) is 18.2 Å². The molecule has 1 aliphatic carbocycles. The highest BCUT2D eigenvalue weighted by Gasteiger charge is 2.22. The van der Waals surface area contributed by atoms with Crippen LogP contribution in [0.25, 0.3) is 0 Å². The summed E-state index contributed by atoms with van der Waals surface area (Å²) in [5.74, 6) is 0.270. The lowest BCUT2D eigenvalue weighted by Crippen LogP contribution is -2.11. The van der Waals surface area contributed by atoms with Crippen LogP contribution in [0.5, 0.6) is 0 Å². The number of carbonyl (C=O) groups is 1. The lowest BCUT2D eigenvalue weighted by atomic mass is 9.80. The summed E-state index contributed by atoms with van der Waals surface area (Å²) in [7, 11) is 1.66. The van der Waals surface area contributed by atoms with Gasteiger partial charge >= 0.3 is 5.97 Å². The molecule has 0 aromatic heterocycles. The Morgan fingerprint density at radius 1 is 1.30 bits per heavy atom. The molecule has 4 heteroatoms. The number of hydrogen-bond acceptors (Lipinski definition) is 3. The number of unbranched alkanes of at least 4 members (excludes halogenated alkanes) is 1. The van der Waals surface area contributed by atoms with E-state index in [4.69, 9.17) is 21.1 Å². The number of rotatable bonds is 7. The zero-order valence-electron chi connectivity index (χ0n) is 11.9. The van der Waals surface area contributed by atoms with Crippen molar-refractivity contribution < 1.29 is 14.3 Å². The first-order valence-electron chi connectivity index (χ1n) is 7.18. The van der Waals surface area contributed by atoms with E-state index >= 15 is 0 Å². The van der Waals surface area contributed by atoms with Crippen LogP contribution in [-0.4, -0.2) is 26.3 Å². The number of ether oxygens (including phenoxy) is 2. The number of hydrogen-bond donors (Lipinski definition) is 0. The Balaban J connectivity index is 1.85. The first kappa shape index (κ1) is 15.3. The molecule has 0 atom stereocenters. The van der Waals surface area contributed by atoms with E-state index in [9.17, 15) is 4.79 Å². The minimum atomic E-state index is -0.301. The van der Waals surface area contributed by atoms with Crippen molar-refractivity contribution in [1.82, 2.24) is 0 Å². The van der Waals surface area contributed by atoms with E-state index in [-0.39, 0.29) is 5.97 Å². The summed E-state index contributed by atoms with van der Waals surface area (Å²) in [4.78, 5) is 11.9. The predicted octanol–water partition coefficient (Wildman–Crippen LogP) is 4.19. The molecular weight excluding hydrogens is 276 g/mol. The van der Waals surface area contributed by atoms with E-state index < -0.39 is 0 Å². The van der Waals surface area contributed by atoms with Gasteiger partial charge in [0.15, 0.2) is 0 Å². The standard InChI is InChI=1S/C16H21ClO3/c1-19-9-2-3-10-20-16(18)13-7-8-14(15(17)11-13)12-5-4-6-12/h7-8,11-12H,2-6,9-10H2,1H3. The minimum absolute atomic E-state index is 0.301. The first-order chi connectivity index (χ1) is 9.72. The Kier molecular flexibility index (Phi) is 5.86. The van der Waals surface area contributed by atoms with Crippen LogP contribution >= 0.6 is 11.6 Å². The Bertz CT molecular complexity index is 455. The average Bonchev–Trinajstić information content (AvgIpc) is 2.38. The predicted molar refractivity (Wildman–Crippen MR) is 79.4 cm³/mol. The van der Waals surface area contributed by atoms with Gasteiger partial charge in [0, 0.05) is 18.7 Å². The Morgan fingerprint density at radius 2 is 2.05 bits per heavy atom. The van der Waals surface area contributed by atoms with Crippen molar-refractivity contribution in [3.8, 4) is 0 Å². The minimum Gasteiger partial charge on any atom is -0.462 e. The van der Waals surface area contributed by atoms with Gasteiger partial charge in [-0.05, 0) is 49.3 Å². The van der Waals surface area contributed by atoms with Crippen molar-refractivity contribution in [2.45, 2.75) is 38.0 Å². The van der Waals surface area contributed by atoms with Gasteiger partial charge in [-0.1, -0.05) is 24.1 Å². The van der Waals surface area contributed by atoms with Crippen LogP contribution in [-0.2, 0) is 9.47 Å². The summed E-state index contributed by atoms with van der Waals surface area (Å²) in [5.41, 5.74) is 1.69. The Labute approximate surface area is 125 Å². The molecule has 1 fully saturated rings. The molecule has 0 aliphatic heterocycles. The number of benzene rings is 1. The van der Waals surface area contributed by atoms with Gasteiger partial charge in [-0.25, -0.2) is 4.79 Å². The highest BCUT2D eigenvalue weighted by molar-refractivity contribution is 6.31. The van der Waals surface area contributed by atoms with Crippen molar-refractivity contribution in [2.75, 3.05) is 20.3 Å². The molecule has 110 valence electrons. The molecule has 2 rings (SSSR count). The number of carbonyl (C=O) groups excluding carboxylic acids is 1. The lowest BCUT2D eigenvalue weighted by Gasteiger charge is -2.26. The molecule has 1 saturated carbocycles. The van der Waals surface area contributed by atoms with Crippen molar-refractivity contribution in [3.05, 3.63) is 34.3 Å². The topological polar surface area (TPSA) is 35.5 Å². The largest absolute Gasteiger partial charge is 0.462 e. The maximum atomic E-state index is 11.9. The summed E-state index contributed by atoms with van der Waals surface area (Å²) in [6.45, 7) is 1.11. The Morgan fingerprint density at radius 3 is 2.65 bits per heavy atom. The van der Waals surface area contributed by atoms with E-state index in [0.29, 0.717) is 29.7 Å². The van der Waals surface area contributed by atoms with Gasteiger partial charge in [-0.2, -0.15) is 0 Å². The van der Waals surface area contributed by atoms with Gasteiger partial charge < -0.3 is 9.47 Å². The molecule has 0 radical (unpaired) electrons. The lowest BCUT2D eigenvalue weighted by molar-refractivity contribution is 0.0489. The smallest absolute Gasteiger partial charge is 0.338 e. The van der Waals surface area contributed by atoms with Gasteiger partial charge in [0.25, 0.3) is 0 Å². The number of halogens is 1. The van der Waals surface area contributed by atoms with Crippen molar-refractivity contribution >= 4 is 17.6 Å². The summed E-state index contributed by atoms with van der Waals surface area (Å²) < 4.78 is 10.2. The maximum absolute atomic E-state index is 11.9. The van der Waals surface area contributed by atoms with Crippen LogP contribution in [0, 0.1) is 0 Å². The zero-order chi connectivity index (χ0) is 14.4. The van der Waals surface area contributed by atoms with Gasteiger partial charge in [0.2, 0.25) is 0 Å². The SMILES string of the molecule is COCCCCOC(=O)c1ccc(C2CCC2)c(Cl)c1. The van der Waals surface area contributed by atoms with Crippen molar-refractivity contribution in [2.24, 2.45) is 0 Å². The van der Waals surface area contributed by atoms with Crippen molar-refractivity contribution in [3.63, 3.8) is 0 Å². The molecule has 0 spiro atoms. The molecule has 0 unspecified atom stereocenters. The highest BCUT2D eigenvalue weighted by atomic mass is 35.5. The molecule has 0 bridgehead atoms. The van der Waals surface area contributed by atoms with Crippen LogP contribution < -0.4 is 0 Å². The molecule has 1 aromatic carbocycles. The second kappa shape index (κ2) is 7.65. The normalized spacial score (nSPS) is 14.9. The van der Waals surface area contributed by atoms with Gasteiger partial charge in [0.1, 0.15) is 0 Å². The average molecular weight is 297 g/mol. The van der Waals surface area contributed by atoms with Gasteiger partial charge in [0.05, 0.1) is 12.2 Å². The number of esters is 1. The fourth-order valence-electron chi connectivity index (χ4n) is 2.30. The molecule has 3 nitrogen and oxygen atoms in total. The third-order valence-corrected chi connectivity index (χ3v) is 4.08. The van der Waals surface area contributed by atoms with Gasteiger partial charge in [-0.3, -0.25) is 0 Å². The molecular formula is C16H21ClO3. The van der Waals surface area contributed by atoms with Crippen molar-refractivity contribution in [1.29, 1.82) is 0 Å². The molecule has 1 aromatic rings. The molecule has 0 N–H and O–H groups in total. The van der Waals surface area contributed by atoms with E-state index in [2.05, 4.69) is 0 Å². The van der Waals surface area contributed by atoms with Gasteiger partial charge in [-0.15, -0.1) is 0 Å². The quantitative estimate of drug-likeness (QED) is 0.559. The molecule has 20 heavy (non-hydrogen) atoms. The Hall–Kier alpha value is -1.06. The summed E-state index contributed by atoms with van der Waals surface area (Å²) in [6.07, 6.45) is 5.37. The third kappa shape index (κ3) is 3.97. The van der Waals surface area contributed by atoms with Crippen LogP contribution in [0.2, 0.25) is 5.02 Å². The fourth-order valence-corrected chi connectivity index (χ4v) is 2.64. The van der Waals surface area contributed by atoms with Crippen LogP contribution in [0.1, 0.15) is 53.9 Å². The molecule has 0 saturated heterocycles. The van der Waals surface area contributed by atoms with E-state index in [1.54, 1.807) is 13.2 Å². The summed E-state index contributed by atoms with van der Waals surface area (Å²) in [5, 5.41) is 0.684. The van der Waals surface area contributed by atoms with E-state index in [0.717, 1.165) is 18.4 Å². The maximum Gasteiger partial charge on any atom is 0.338 e. The highest BCUT2D eigenvalue weighted by Crippen LogP contribution is 2.39. The first-order valence-corrected chi connectivity index (χ1v) is 7.55. The van der Waals surface area contributed by atoms with E-state index in [1.807, 2.05) is 12.1 Å². The second-order valence-electron chi connectivity index (χ2n) is 5.20. The monoisotopic (exact) mass is 296 g/mol. The van der Waals surface area contributed by atoms with E-state index in [1.165, 1.54) is 19.3 Å². The third-order valence-electron chi connectivity index (χ3n) is 3.76. The molecule has 0 heterocycles. The number of methoxy groups -OCH3 is 1.